The number of hydrogen-bond acceptors (Lipinski definition) is 4. The smallest absolute Gasteiger partial charge is 0.104 e. The molecule has 56 valence electrons. The fourth-order valence-electron chi connectivity index (χ4n) is 0.467. The van der Waals surface area contributed by atoms with Crippen molar-refractivity contribution in [3.63, 3.8) is 0 Å². The molecule has 0 radical (unpaired) electrons. The van der Waals surface area contributed by atoms with Crippen molar-refractivity contribution in [2.24, 2.45) is 0 Å². The van der Waals surface area contributed by atoms with Gasteiger partial charge in [-0.3, -0.25) is 0 Å². The highest BCUT2D eigenvalue weighted by Gasteiger charge is 2.12. The lowest BCUT2D eigenvalue weighted by atomic mass is 10.2. The molecule has 0 rings (SSSR count). The van der Waals surface area contributed by atoms with Crippen LogP contribution in [0.3, 0.4) is 0 Å². The standard InChI is InChI=1S/C5H13NO3/c1-6-2-4(8)5(9)3-7/h4-9H,2-3H2,1H3. The molecule has 0 aromatic carbocycles. The SMILES string of the molecule is CNCC(O)C(O)CO. The summed E-state index contributed by atoms with van der Waals surface area (Å²) in [4.78, 5) is 0. The van der Waals surface area contributed by atoms with E-state index in [1.807, 2.05) is 0 Å². The van der Waals surface area contributed by atoms with Crippen molar-refractivity contribution in [1.82, 2.24) is 5.32 Å². The summed E-state index contributed by atoms with van der Waals surface area (Å²) in [5.41, 5.74) is 0. The van der Waals surface area contributed by atoms with Gasteiger partial charge >= 0.3 is 0 Å². The van der Waals surface area contributed by atoms with Crippen LogP contribution in [0.4, 0.5) is 0 Å². The minimum Gasteiger partial charge on any atom is -0.394 e. The number of aliphatic hydroxyl groups is 3. The maximum absolute atomic E-state index is 8.85. The zero-order valence-electron chi connectivity index (χ0n) is 5.41. The summed E-state index contributed by atoms with van der Waals surface area (Å²) >= 11 is 0. The van der Waals surface area contributed by atoms with Gasteiger partial charge in [0, 0.05) is 6.54 Å². The summed E-state index contributed by atoms with van der Waals surface area (Å²) in [5, 5.41) is 28.5. The van der Waals surface area contributed by atoms with Crippen molar-refractivity contribution in [3.05, 3.63) is 0 Å². The molecule has 9 heavy (non-hydrogen) atoms. The van der Waals surface area contributed by atoms with Crippen LogP contribution in [0.15, 0.2) is 0 Å². The van der Waals surface area contributed by atoms with E-state index in [1.54, 1.807) is 7.05 Å². The summed E-state index contributed by atoms with van der Waals surface area (Å²) in [6.45, 7) is -0.107. The van der Waals surface area contributed by atoms with Gasteiger partial charge in [0.15, 0.2) is 0 Å². The molecule has 2 atom stereocenters. The Morgan fingerprint density at radius 1 is 1.33 bits per heavy atom. The van der Waals surface area contributed by atoms with Crippen molar-refractivity contribution in [1.29, 1.82) is 0 Å². The Morgan fingerprint density at radius 3 is 2.22 bits per heavy atom. The van der Waals surface area contributed by atoms with Crippen LogP contribution in [0.1, 0.15) is 0 Å². The van der Waals surface area contributed by atoms with Gasteiger partial charge in [0.2, 0.25) is 0 Å². The Morgan fingerprint density at radius 2 is 1.89 bits per heavy atom. The molecule has 4 nitrogen and oxygen atoms in total. The molecule has 0 spiro atoms. The van der Waals surface area contributed by atoms with Crippen LogP contribution >= 0.6 is 0 Å². The predicted octanol–water partition coefficient (Wildman–Crippen LogP) is -2.08. The van der Waals surface area contributed by atoms with Crippen molar-refractivity contribution >= 4 is 0 Å². The van der Waals surface area contributed by atoms with Gasteiger partial charge in [0.05, 0.1) is 12.7 Å². The first-order valence-corrected chi connectivity index (χ1v) is 2.84. The van der Waals surface area contributed by atoms with Crippen LogP contribution in [-0.4, -0.2) is 47.7 Å². The molecule has 0 saturated carbocycles. The third kappa shape index (κ3) is 3.42. The van der Waals surface area contributed by atoms with Crippen LogP contribution in [0.25, 0.3) is 0 Å². The van der Waals surface area contributed by atoms with Gasteiger partial charge in [-0.25, -0.2) is 0 Å². The predicted molar refractivity (Wildman–Crippen MR) is 33.0 cm³/mol. The highest BCUT2D eigenvalue weighted by molar-refractivity contribution is 4.66. The molecule has 0 aliphatic carbocycles. The van der Waals surface area contributed by atoms with E-state index in [2.05, 4.69) is 5.32 Å². The number of rotatable bonds is 4. The van der Waals surface area contributed by atoms with Crippen molar-refractivity contribution in [2.75, 3.05) is 20.2 Å². The molecule has 0 heterocycles. The van der Waals surface area contributed by atoms with Crippen LogP contribution in [-0.2, 0) is 0 Å². The molecular formula is C5H13NO3. The second kappa shape index (κ2) is 4.69. The Bertz CT molecular complexity index is 69.2. The van der Waals surface area contributed by atoms with Crippen molar-refractivity contribution in [3.8, 4) is 0 Å². The normalized spacial score (nSPS) is 17.3. The van der Waals surface area contributed by atoms with E-state index >= 15 is 0 Å². The lowest BCUT2D eigenvalue weighted by Crippen LogP contribution is -2.36. The fraction of sp³-hybridized carbons (Fsp3) is 1.00. The molecular weight excluding hydrogens is 122 g/mol. The lowest BCUT2D eigenvalue weighted by molar-refractivity contribution is -0.0120. The van der Waals surface area contributed by atoms with Gasteiger partial charge in [-0.15, -0.1) is 0 Å². The third-order valence-electron chi connectivity index (χ3n) is 1.04. The Labute approximate surface area is 54.1 Å². The van der Waals surface area contributed by atoms with Gasteiger partial charge in [-0.1, -0.05) is 0 Å². The third-order valence-corrected chi connectivity index (χ3v) is 1.04. The van der Waals surface area contributed by atoms with Crippen LogP contribution in [0, 0.1) is 0 Å². The van der Waals surface area contributed by atoms with E-state index in [0.717, 1.165) is 0 Å². The molecule has 2 unspecified atom stereocenters. The Hall–Kier alpha value is -0.160. The minimum absolute atomic E-state index is 0.293. The summed E-state index contributed by atoms with van der Waals surface area (Å²) < 4.78 is 0. The van der Waals surface area contributed by atoms with Gasteiger partial charge < -0.3 is 20.6 Å². The Balaban J connectivity index is 3.32. The number of nitrogens with one attached hydrogen (secondary N) is 1. The first-order chi connectivity index (χ1) is 4.22. The molecule has 0 bridgehead atoms. The second-order valence-corrected chi connectivity index (χ2v) is 1.87. The molecule has 0 aromatic heterocycles. The van der Waals surface area contributed by atoms with Crippen molar-refractivity contribution in [2.45, 2.75) is 12.2 Å². The highest BCUT2D eigenvalue weighted by Crippen LogP contribution is 1.88. The molecule has 0 aliphatic heterocycles. The van der Waals surface area contributed by atoms with Gasteiger partial charge in [-0.2, -0.15) is 0 Å². The monoisotopic (exact) mass is 135 g/mol. The summed E-state index contributed by atoms with van der Waals surface area (Å²) in [6.07, 6.45) is -1.91. The highest BCUT2D eigenvalue weighted by atomic mass is 16.4. The Kier molecular flexibility index (Phi) is 4.61. The lowest BCUT2D eigenvalue weighted by Gasteiger charge is -2.13. The zero-order chi connectivity index (χ0) is 7.28. The van der Waals surface area contributed by atoms with Crippen LogP contribution in [0.5, 0.6) is 0 Å². The molecule has 4 heteroatoms. The minimum atomic E-state index is -1.03. The van der Waals surface area contributed by atoms with Gasteiger partial charge in [0.1, 0.15) is 6.10 Å². The molecule has 4 N–H and O–H groups in total. The topological polar surface area (TPSA) is 72.7 Å². The van der Waals surface area contributed by atoms with Gasteiger partial charge in [-0.05, 0) is 7.05 Å². The fourth-order valence-corrected chi connectivity index (χ4v) is 0.467. The van der Waals surface area contributed by atoms with E-state index in [-0.39, 0.29) is 0 Å². The van der Waals surface area contributed by atoms with E-state index in [1.165, 1.54) is 0 Å². The first-order valence-electron chi connectivity index (χ1n) is 2.84. The zero-order valence-corrected chi connectivity index (χ0v) is 5.41. The second-order valence-electron chi connectivity index (χ2n) is 1.87. The number of hydrogen-bond donors (Lipinski definition) is 4. The maximum Gasteiger partial charge on any atom is 0.104 e. The van der Waals surface area contributed by atoms with Gasteiger partial charge in [0.25, 0.3) is 0 Å². The quantitative estimate of drug-likeness (QED) is 0.357. The maximum atomic E-state index is 8.85. The molecule has 0 aromatic rings. The number of aliphatic hydroxyl groups excluding tert-OH is 3. The van der Waals surface area contributed by atoms with Crippen LogP contribution in [0.2, 0.25) is 0 Å². The van der Waals surface area contributed by atoms with E-state index in [4.69, 9.17) is 15.3 Å². The molecule has 0 saturated heterocycles. The summed E-state index contributed by atoms with van der Waals surface area (Å²) in [5.74, 6) is 0. The van der Waals surface area contributed by atoms with Crippen molar-refractivity contribution < 1.29 is 15.3 Å². The summed E-state index contributed by atoms with van der Waals surface area (Å²) in [7, 11) is 1.66. The average Bonchev–Trinajstić information content (AvgIpc) is 1.87. The van der Waals surface area contributed by atoms with E-state index in [9.17, 15) is 0 Å². The number of likely N-dealkylation sites (N-methyl/N-ethyl adjacent to an activating group) is 1. The largest absolute Gasteiger partial charge is 0.394 e. The molecule has 0 aliphatic rings. The van der Waals surface area contributed by atoms with Crippen LogP contribution < -0.4 is 5.32 Å². The summed E-state index contributed by atoms with van der Waals surface area (Å²) in [6, 6.07) is 0. The average molecular weight is 135 g/mol. The first kappa shape index (κ1) is 8.84. The molecule has 0 fully saturated rings. The van der Waals surface area contributed by atoms with E-state index in [0.29, 0.717) is 6.54 Å². The van der Waals surface area contributed by atoms with E-state index < -0.39 is 18.8 Å². The molecule has 0 amide bonds.